The molecule has 5 nitrogen and oxygen atoms in total. The number of carbonyl (C=O) groups is 1. The summed E-state index contributed by atoms with van der Waals surface area (Å²) in [6.45, 7) is 8.85. The molecule has 0 saturated carbocycles. The molecule has 0 aliphatic carbocycles. The fourth-order valence-electron chi connectivity index (χ4n) is 1.74. The van der Waals surface area contributed by atoms with Crippen LogP contribution < -0.4 is 5.32 Å². The third kappa shape index (κ3) is 6.00. The predicted octanol–water partition coefficient (Wildman–Crippen LogP) is 0.496. The van der Waals surface area contributed by atoms with Crippen LogP contribution in [0.5, 0.6) is 0 Å². The second kappa shape index (κ2) is 8.44. The zero-order chi connectivity index (χ0) is 13.3. The Morgan fingerprint density at radius 2 is 2.06 bits per heavy atom. The van der Waals surface area contributed by atoms with Crippen LogP contribution in [0.1, 0.15) is 20.8 Å². The lowest BCUT2D eigenvalue weighted by Crippen LogP contribution is -2.57. The number of esters is 1. The minimum Gasteiger partial charge on any atom is -0.465 e. The van der Waals surface area contributed by atoms with Gasteiger partial charge in [0.1, 0.15) is 5.54 Å². The van der Waals surface area contributed by atoms with Crippen LogP contribution in [0.2, 0.25) is 0 Å². The van der Waals surface area contributed by atoms with Crippen LogP contribution in [-0.4, -0.2) is 63.4 Å². The van der Waals surface area contributed by atoms with Crippen LogP contribution in [0, 0.1) is 0 Å². The average Bonchev–Trinajstić information content (AvgIpc) is 2.27. The van der Waals surface area contributed by atoms with Gasteiger partial charge in [0.05, 0.1) is 13.2 Å². The summed E-state index contributed by atoms with van der Waals surface area (Å²) in [6, 6.07) is 0. The number of hydrogen-bond donors (Lipinski definition) is 1. The van der Waals surface area contributed by atoms with Crippen LogP contribution in [-0.2, 0) is 14.3 Å². The molecule has 0 spiro atoms. The summed E-state index contributed by atoms with van der Waals surface area (Å²) >= 11 is 0. The first-order chi connectivity index (χ1) is 8.00. The van der Waals surface area contributed by atoms with Crippen molar-refractivity contribution in [3.63, 3.8) is 0 Å². The first-order valence-corrected chi connectivity index (χ1v) is 6.09. The van der Waals surface area contributed by atoms with Gasteiger partial charge in [-0.1, -0.05) is 6.92 Å². The molecule has 5 heteroatoms. The van der Waals surface area contributed by atoms with E-state index in [1.165, 1.54) is 0 Å². The van der Waals surface area contributed by atoms with Crippen LogP contribution >= 0.6 is 0 Å². The van der Waals surface area contributed by atoms with E-state index in [9.17, 15) is 4.79 Å². The van der Waals surface area contributed by atoms with Crippen molar-refractivity contribution in [1.82, 2.24) is 10.2 Å². The maximum Gasteiger partial charge on any atom is 0.327 e. The number of methoxy groups -OCH3 is 1. The molecule has 0 amide bonds. The highest BCUT2D eigenvalue weighted by atomic mass is 16.5. The molecule has 0 aliphatic rings. The largest absolute Gasteiger partial charge is 0.465 e. The number of nitrogens with zero attached hydrogens (tertiary/aromatic N) is 1. The molecule has 102 valence electrons. The van der Waals surface area contributed by atoms with Crippen molar-refractivity contribution in [3.05, 3.63) is 0 Å². The van der Waals surface area contributed by atoms with Gasteiger partial charge in [0.15, 0.2) is 0 Å². The van der Waals surface area contributed by atoms with Gasteiger partial charge in [0.2, 0.25) is 0 Å². The smallest absolute Gasteiger partial charge is 0.327 e. The Bertz CT molecular complexity index is 224. The van der Waals surface area contributed by atoms with Gasteiger partial charge in [-0.3, -0.25) is 4.79 Å². The molecular weight excluding hydrogens is 220 g/mol. The van der Waals surface area contributed by atoms with Crippen molar-refractivity contribution in [2.45, 2.75) is 26.3 Å². The Morgan fingerprint density at radius 1 is 1.41 bits per heavy atom. The van der Waals surface area contributed by atoms with E-state index in [1.54, 1.807) is 7.11 Å². The Hall–Kier alpha value is -0.650. The van der Waals surface area contributed by atoms with E-state index in [0.717, 1.165) is 13.1 Å². The Kier molecular flexibility index (Phi) is 8.12. The van der Waals surface area contributed by atoms with Gasteiger partial charge in [-0.2, -0.15) is 0 Å². The summed E-state index contributed by atoms with van der Waals surface area (Å²) in [4.78, 5) is 14.0. The van der Waals surface area contributed by atoms with E-state index >= 15 is 0 Å². The molecule has 0 radical (unpaired) electrons. The lowest BCUT2D eigenvalue weighted by Gasteiger charge is -2.32. The van der Waals surface area contributed by atoms with Gasteiger partial charge in [0, 0.05) is 20.2 Å². The van der Waals surface area contributed by atoms with Crippen LogP contribution in [0.15, 0.2) is 0 Å². The van der Waals surface area contributed by atoms with Gasteiger partial charge in [0.25, 0.3) is 0 Å². The normalized spacial score (nSPS) is 14.7. The minimum atomic E-state index is -0.659. The van der Waals surface area contributed by atoms with Crippen molar-refractivity contribution >= 4 is 5.97 Å². The molecule has 0 rings (SSSR count). The number of ether oxygens (including phenoxy) is 2. The first kappa shape index (κ1) is 16.4. The van der Waals surface area contributed by atoms with Crippen LogP contribution in [0.3, 0.4) is 0 Å². The van der Waals surface area contributed by atoms with Gasteiger partial charge in [-0.25, -0.2) is 0 Å². The highest BCUT2D eigenvalue weighted by Gasteiger charge is 2.34. The maximum atomic E-state index is 11.9. The minimum absolute atomic E-state index is 0.203. The highest BCUT2D eigenvalue weighted by molar-refractivity contribution is 5.80. The summed E-state index contributed by atoms with van der Waals surface area (Å²) in [5, 5.41) is 3.19. The molecule has 0 saturated heterocycles. The van der Waals surface area contributed by atoms with E-state index in [2.05, 4.69) is 10.2 Å². The molecule has 0 bridgehead atoms. The van der Waals surface area contributed by atoms with Crippen LogP contribution in [0.4, 0.5) is 0 Å². The summed E-state index contributed by atoms with van der Waals surface area (Å²) in [6.07, 6.45) is 0. The Morgan fingerprint density at radius 3 is 2.53 bits per heavy atom. The van der Waals surface area contributed by atoms with Crippen molar-refractivity contribution < 1.29 is 14.3 Å². The van der Waals surface area contributed by atoms with Crippen molar-refractivity contribution in [2.75, 3.05) is 47.0 Å². The van der Waals surface area contributed by atoms with Gasteiger partial charge in [-0.15, -0.1) is 0 Å². The van der Waals surface area contributed by atoms with Crippen LogP contribution in [0.25, 0.3) is 0 Å². The monoisotopic (exact) mass is 246 g/mol. The topological polar surface area (TPSA) is 50.8 Å². The SMILES string of the molecule is CCNC(C)(CN(C)CCOC)C(=O)OCC. The molecule has 1 unspecified atom stereocenters. The zero-order valence-corrected chi connectivity index (χ0v) is 11.7. The van der Waals surface area contributed by atoms with Gasteiger partial charge in [-0.05, 0) is 27.4 Å². The summed E-state index contributed by atoms with van der Waals surface area (Å²) in [5.74, 6) is -0.203. The third-order valence-electron chi connectivity index (χ3n) is 2.56. The maximum absolute atomic E-state index is 11.9. The number of likely N-dealkylation sites (N-methyl/N-ethyl adjacent to an activating group) is 2. The highest BCUT2D eigenvalue weighted by Crippen LogP contribution is 2.08. The lowest BCUT2D eigenvalue weighted by molar-refractivity contribution is -0.151. The zero-order valence-electron chi connectivity index (χ0n) is 11.7. The van der Waals surface area contributed by atoms with E-state index < -0.39 is 5.54 Å². The molecule has 1 N–H and O–H groups in total. The molecule has 0 fully saturated rings. The molecule has 17 heavy (non-hydrogen) atoms. The molecule has 0 aromatic carbocycles. The van der Waals surface area contributed by atoms with E-state index in [1.807, 2.05) is 27.8 Å². The second-order valence-corrected chi connectivity index (χ2v) is 4.31. The molecule has 0 aromatic rings. The third-order valence-corrected chi connectivity index (χ3v) is 2.56. The van der Waals surface area contributed by atoms with Crippen molar-refractivity contribution in [3.8, 4) is 0 Å². The van der Waals surface area contributed by atoms with E-state index in [0.29, 0.717) is 19.8 Å². The Labute approximate surface area is 104 Å². The van der Waals surface area contributed by atoms with E-state index in [4.69, 9.17) is 9.47 Å². The second-order valence-electron chi connectivity index (χ2n) is 4.31. The number of nitrogens with one attached hydrogen (secondary N) is 1. The van der Waals surface area contributed by atoms with Gasteiger partial charge < -0.3 is 19.7 Å². The standard InChI is InChI=1S/C12H26N2O3/c1-6-13-12(3,11(15)17-7-2)10-14(4)8-9-16-5/h13H,6-10H2,1-5H3. The van der Waals surface area contributed by atoms with Crippen molar-refractivity contribution in [2.24, 2.45) is 0 Å². The lowest BCUT2D eigenvalue weighted by atomic mass is 10.0. The summed E-state index contributed by atoms with van der Waals surface area (Å²) in [5.41, 5.74) is -0.659. The fraction of sp³-hybridized carbons (Fsp3) is 0.917. The molecule has 1 atom stereocenters. The predicted molar refractivity (Wildman–Crippen MR) is 68.1 cm³/mol. The quantitative estimate of drug-likeness (QED) is 0.600. The Balaban J connectivity index is 4.43. The fourth-order valence-corrected chi connectivity index (χ4v) is 1.74. The molecule has 0 heterocycles. The van der Waals surface area contributed by atoms with E-state index in [-0.39, 0.29) is 5.97 Å². The molecule has 0 aromatic heterocycles. The average molecular weight is 246 g/mol. The number of carbonyl (C=O) groups excluding carboxylic acids is 1. The van der Waals surface area contributed by atoms with Gasteiger partial charge >= 0.3 is 5.97 Å². The summed E-state index contributed by atoms with van der Waals surface area (Å²) in [7, 11) is 3.64. The summed E-state index contributed by atoms with van der Waals surface area (Å²) < 4.78 is 10.1. The first-order valence-electron chi connectivity index (χ1n) is 6.09. The number of rotatable bonds is 9. The molecular formula is C12H26N2O3. The van der Waals surface area contributed by atoms with Crippen molar-refractivity contribution in [1.29, 1.82) is 0 Å². The number of hydrogen-bond acceptors (Lipinski definition) is 5. The molecule has 0 aliphatic heterocycles.